The van der Waals surface area contributed by atoms with Crippen LogP contribution in [0.3, 0.4) is 0 Å². The van der Waals surface area contributed by atoms with Gasteiger partial charge in [-0.3, -0.25) is 24.1 Å². The number of hydrogen-bond acceptors (Lipinski definition) is 11. The molecule has 226 valence electrons. The molecule has 0 radical (unpaired) electrons. The van der Waals surface area contributed by atoms with Crippen molar-refractivity contribution in [3.8, 4) is 5.75 Å². The molecule has 4 aromatic rings. The number of imidazole rings is 1. The molecule has 0 aliphatic rings. The SMILES string of the molecule is CC(=O)OCC(COC(=O)[C@@H](N=C(c1ccccc1)c1cc(Cl)ccc1O)C(C)C)OCn1cnc2c(=O)[nH]c(N)nc21. The minimum absolute atomic E-state index is 0.0528. The Bertz CT molecular complexity index is 1690. The van der Waals surface area contributed by atoms with Crippen LogP contribution in [0.25, 0.3) is 11.2 Å². The lowest BCUT2D eigenvalue weighted by Crippen LogP contribution is -2.34. The van der Waals surface area contributed by atoms with Crippen molar-refractivity contribution in [2.75, 3.05) is 18.9 Å². The number of phenols is 1. The van der Waals surface area contributed by atoms with Gasteiger partial charge in [-0.1, -0.05) is 55.8 Å². The standard InChI is InChI=1S/C29H31ClN6O7/c1-16(2)23(33-24(18-7-5-4-6-8-18)21-11-19(30)9-10-22(21)38)28(40)42-13-20(12-41-17(3)37)43-15-36-14-32-25-26(36)34-29(31)35-27(25)39/h4-11,14,16,20,23,38H,12-13,15H2,1-3H3,(H3,31,34,35,39)/t20?,23-/m0/s1. The highest BCUT2D eigenvalue weighted by Gasteiger charge is 2.27. The van der Waals surface area contributed by atoms with Crippen molar-refractivity contribution in [2.24, 2.45) is 10.9 Å². The van der Waals surface area contributed by atoms with E-state index in [2.05, 4.69) is 15.0 Å². The Labute approximate surface area is 251 Å². The number of phenolic OH excluding ortho intramolecular Hbond substituents is 1. The number of ether oxygens (including phenoxy) is 3. The zero-order chi connectivity index (χ0) is 31.1. The third-order valence-electron chi connectivity index (χ3n) is 6.23. The van der Waals surface area contributed by atoms with E-state index in [-0.39, 0.29) is 48.7 Å². The van der Waals surface area contributed by atoms with Crippen molar-refractivity contribution >= 4 is 46.4 Å². The van der Waals surface area contributed by atoms with Crippen LogP contribution in [0.4, 0.5) is 5.95 Å². The van der Waals surface area contributed by atoms with Crippen LogP contribution in [0, 0.1) is 5.92 Å². The summed E-state index contributed by atoms with van der Waals surface area (Å²) in [6.45, 7) is 4.21. The van der Waals surface area contributed by atoms with Gasteiger partial charge in [0.1, 0.15) is 31.8 Å². The number of anilines is 1. The smallest absolute Gasteiger partial charge is 0.331 e. The number of nitrogens with two attached hydrogens (primary N) is 1. The predicted molar refractivity (Wildman–Crippen MR) is 159 cm³/mol. The molecule has 0 fully saturated rings. The molecule has 13 nitrogen and oxygen atoms in total. The molecule has 4 rings (SSSR count). The van der Waals surface area contributed by atoms with Gasteiger partial charge in [-0.25, -0.2) is 9.78 Å². The van der Waals surface area contributed by atoms with Gasteiger partial charge in [-0.05, 0) is 24.1 Å². The minimum Gasteiger partial charge on any atom is -0.507 e. The van der Waals surface area contributed by atoms with Crippen LogP contribution in [0.5, 0.6) is 5.75 Å². The Morgan fingerprint density at radius 3 is 2.56 bits per heavy atom. The van der Waals surface area contributed by atoms with Gasteiger partial charge in [0.05, 0.1) is 12.0 Å². The molecule has 14 heteroatoms. The van der Waals surface area contributed by atoms with E-state index in [0.717, 1.165) is 0 Å². The summed E-state index contributed by atoms with van der Waals surface area (Å²) in [6, 6.07) is 12.7. The molecule has 1 unspecified atom stereocenters. The number of aromatic hydroxyl groups is 1. The number of nitrogens with zero attached hydrogens (tertiary/aromatic N) is 4. The Morgan fingerprint density at radius 2 is 1.86 bits per heavy atom. The predicted octanol–water partition coefficient (Wildman–Crippen LogP) is 3.07. The molecule has 0 aliphatic heterocycles. The summed E-state index contributed by atoms with van der Waals surface area (Å²) in [5.41, 5.74) is 6.78. The number of halogens is 1. The van der Waals surface area contributed by atoms with Crippen LogP contribution in [-0.4, -0.2) is 67.6 Å². The Morgan fingerprint density at radius 1 is 1.14 bits per heavy atom. The summed E-state index contributed by atoms with van der Waals surface area (Å²) in [6.07, 6.45) is 0.466. The highest BCUT2D eigenvalue weighted by molar-refractivity contribution is 6.31. The maximum Gasteiger partial charge on any atom is 0.331 e. The first-order valence-electron chi connectivity index (χ1n) is 13.3. The van der Waals surface area contributed by atoms with Crippen molar-refractivity contribution in [3.05, 3.63) is 81.4 Å². The summed E-state index contributed by atoms with van der Waals surface area (Å²) in [5, 5.41) is 11.0. The van der Waals surface area contributed by atoms with Gasteiger partial charge in [0, 0.05) is 23.1 Å². The van der Waals surface area contributed by atoms with Gasteiger partial charge in [0.15, 0.2) is 17.2 Å². The number of H-pyrrole nitrogens is 1. The molecule has 4 N–H and O–H groups in total. The van der Waals surface area contributed by atoms with E-state index >= 15 is 0 Å². The van der Waals surface area contributed by atoms with Gasteiger partial charge in [-0.2, -0.15) is 4.98 Å². The first kappa shape index (κ1) is 31.2. The highest BCUT2D eigenvalue weighted by Crippen LogP contribution is 2.26. The van der Waals surface area contributed by atoms with Crippen LogP contribution in [0.1, 0.15) is 31.9 Å². The molecule has 0 aliphatic carbocycles. The van der Waals surface area contributed by atoms with Gasteiger partial charge >= 0.3 is 11.9 Å². The van der Waals surface area contributed by atoms with Crippen LogP contribution < -0.4 is 11.3 Å². The molecule has 0 saturated carbocycles. The number of aromatic nitrogens is 4. The molecule has 2 heterocycles. The summed E-state index contributed by atoms with van der Waals surface area (Å²) >= 11 is 6.22. The number of hydrogen-bond donors (Lipinski definition) is 3. The Balaban J connectivity index is 1.55. The van der Waals surface area contributed by atoms with Crippen molar-refractivity contribution in [3.63, 3.8) is 0 Å². The van der Waals surface area contributed by atoms with Crippen molar-refractivity contribution < 1.29 is 28.9 Å². The molecule has 0 spiro atoms. The van der Waals surface area contributed by atoms with Gasteiger partial charge in [-0.15, -0.1) is 0 Å². The topological polar surface area (TPSA) is 184 Å². The van der Waals surface area contributed by atoms with E-state index in [9.17, 15) is 19.5 Å². The minimum atomic E-state index is -0.973. The number of aliphatic imine (C=N–C) groups is 1. The number of rotatable bonds is 12. The Hall–Kier alpha value is -4.75. The first-order valence-corrected chi connectivity index (χ1v) is 13.7. The average molecular weight is 611 g/mol. The fourth-order valence-electron chi connectivity index (χ4n) is 4.07. The highest BCUT2D eigenvalue weighted by atomic mass is 35.5. The first-order chi connectivity index (χ1) is 20.5. The Kier molecular flexibility index (Phi) is 10.1. The number of nitrogens with one attached hydrogen (secondary N) is 1. The molecule has 43 heavy (non-hydrogen) atoms. The average Bonchev–Trinajstić information content (AvgIpc) is 3.37. The van der Waals surface area contributed by atoms with Crippen LogP contribution >= 0.6 is 11.6 Å². The van der Waals surface area contributed by atoms with E-state index in [0.29, 0.717) is 21.9 Å². The van der Waals surface area contributed by atoms with Crippen LogP contribution in [0.15, 0.2) is 64.6 Å². The van der Waals surface area contributed by atoms with Crippen molar-refractivity contribution in [2.45, 2.75) is 39.6 Å². The zero-order valence-electron chi connectivity index (χ0n) is 23.7. The number of carbonyl (C=O) groups is 2. The zero-order valence-corrected chi connectivity index (χ0v) is 24.4. The monoisotopic (exact) mass is 610 g/mol. The van der Waals surface area contributed by atoms with Crippen LogP contribution in [0.2, 0.25) is 5.02 Å². The molecule has 2 aromatic carbocycles. The summed E-state index contributed by atoms with van der Waals surface area (Å²) in [7, 11) is 0. The maximum absolute atomic E-state index is 13.4. The third-order valence-corrected chi connectivity index (χ3v) is 6.46. The molecular formula is C29H31ClN6O7. The molecule has 0 saturated heterocycles. The number of aromatic amines is 1. The lowest BCUT2D eigenvalue weighted by Gasteiger charge is -2.22. The third kappa shape index (κ3) is 7.96. The summed E-state index contributed by atoms with van der Waals surface area (Å²) in [5.74, 6) is -1.65. The largest absolute Gasteiger partial charge is 0.507 e. The van der Waals surface area contributed by atoms with Gasteiger partial charge in [0.2, 0.25) is 5.95 Å². The molecule has 2 aromatic heterocycles. The fourth-order valence-corrected chi connectivity index (χ4v) is 4.24. The second kappa shape index (κ2) is 13.9. The lowest BCUT2D eigenvalue weighted by molar-refractivity contribution is -0.157. The van der Waals surface area contributed by atoms with Crippen LogP contribution in [-0.2, 0) is 30.5 Å². The second-order valence-electron chi connectivity index (χ2n) is 9.88. The quantitative estimate of drug-likeness (QED) is 0.159. The van der Waals surface area contributed by atoms with Crippen molar-refractivity contribution in [1.29, 1.82) is 0 Å². The lowest BCUT2D eigenvalue weighted by atomic mass is 9.99. The van der Waals surface area contributed by atoms with E-state index in [4.69, 9.17) is 36.5 Å². The number of esters is 2. The number of carbonyl (C=O) groups excluding carboxylic acids is 2. The van der Waals surface area contributed by atoms with E-state index < -0.39 is 29.6 Å². The summed E-state index contributed by atoms with van der Waals surface area (Å²) in [4.78, 5) is 52.2. The molecule has 2 atom stereocenters. The van der Waals surface area contributed by atoms with E-state index in [1.807, 2.05) is 32.0 Å². The number of fused-ring (bicyclic) bond motifs is 1. The van der Waals surface area contributed by atoms with Crippen molar-refractivity contribution in [1.82, 2.24) is 19.5 Å². The maximum atomic E-state index is 13.4. The second-order valence-corrected chi connectivity index (χ2v) is 10.3. The van der Waals surface area contributed by atoms with Gasteiger partial charge in [0.25, 0.3) is 5.56 Å². The number of nitrogen functional groups attached to an aromatic ring is 1. The summed E-state index contributed by atoms with van der Waals surface area (Å²) < 4.78 is 18.0. The fraction of sp³-hybridized carbons (Fsp3) is 0.310. The molecular weight excluding hydrogens is 580 g/mol. The van der Waals surface area contributed by atoms with E-state index in [1.54, 1.807) is 24.3 Å². The molecule has 0 bridgehead atoms. The normalized spacial score (nSPS) is 13.2. The van der Waals surface area contributed by atoms with Gasteiger partial charge < -0.3 is 25.1 Å². The van der Waals surface area contributed by atoms with E-state index in [1.165, 1.54) is 23.9 Å². The number of benzene rings is 2. The molecule has 0 amide bonds.